The Balaban J connectivity index is 1.70. The van der Waals surface area contributed by atoms with Crippen molar-refractivity contribution in [2.45, 2.75) is 104 Å². The fraction of sp³-hybridized carbons (Fsp3) is 0.710. The Hall–Kier alpha value is -2.06. The maximum atomic E-state index is 13.1. The zero-order valence-corrected chi connectivity index (χ0v) is 25.2. The van der Waals surface area contributed by atoms with E-state index in [1.54, 1.807) is 13.0 Å². The highest BCUT2D eigenvalue weighted by Crippen LogP contribution is 2.75. The molecule has 0 spiro atoms. The van der Waals surface area contributed by atoms with Gasteiger partial charge in [0.05, 0.1) is 12.0 Å². The van der Waals surface area contributed by atoms with Gasteiger partial charge in [-0.2, -0.15) is 8.42 Å². The molecule has 7 nitrogen and oxygen atoms in total. The molecule has 1 unspecified atom stereocenters. The van der Waals surface area contributed by atoms with Crippen molar-refractivity contribution in [2.24, 2.45) is 27.6 Å². The molecule has 1 aromatic carbocycles. The normalized spacial score (nSPS) is 41.4. The van der Waals surface area contributed by atoms with Crippen LogP contribution in [0.15, 0.2) is 17.7 Å². The van der Waals surface area contributed by atoms with Crippen LogP contribution in [0, 0.1) is 34.5 Å². The quantitative estimate of drug-likeness (QED) is 0.167. The molecule has 1 aromatic rings. The number of phenolic OH excluding ortho intramolecular Hbond substituents is 2. The third-order valence-electron chi connectivity index (χ3n) is 12.2. The monoisotopic (exact) mass is 560 g/mol. The van der Waals surface area contributed by atoms with Crippen LogP contribution in [-0.2, 0) is 25.1 Å². The van der Waals surface area contributed by atoms with Gasteiger partial charge in [-0.05, 0) is 111 Å². The standard InChI is InChI=1S/C31H44O7S/c1-8-38-26(34)28(4)10-9-27(3)11-13-30(6)22-16-21(39(35,36)37)24-18(2)25(33)20(32)15-19(24)29(22,5)12-14-31(30,7)23(27)17-28/h15-16,21,23,32-33H,8-14,17H2,1-7H3,(H,35,36,37)/t21?,23-,27-,28-,29+,30-,31+/m1/s1. The summed E-state index contributed by atoms with van der Waals surface area (Å²) in [6.45, 7) is 14.9. The van der Waals surface area contributed by atoms with Crippen LogP contribution in [-0.4, -0.2) is 35.8 Å². The highest BCUT2D eigenvalue weighted by atomic mass is 32.2. The maximum absolute atomic E-state index is 13.1. The molecule has 0 radical (unpaired) electrons. The van der Waals surface area contributed by atoms with Crippen LogP contribution < -0.4 is 0 Å². The number of hydrogen-bond acceptors (Lipinski definition) is 6. The molecule has 5 rings (SSSR count). The number of phenols is 2. The van der Waals surface area contributed by atoms with Gasteiger partial charge in [-0.3, -0.25) is 9.35 Å². The molecule has 8 heteroatoms. The Morgan fingerprint density at radius 2 is 1.67 bits per heavy atom. The van der Waals surface area contributed by atoms with Gasteiger partial charge < -0.3 is 14.9 Å². The summed E-state index contributed by atoms with van der Waals surface area (Å²) in [6.07, 6.45) is 7.63. The SMILES string of the molecule is CCOC(=O)[C@]1(C)CC[C@]2(C)CC[C@]3(C)C4=CC(S(=O)(=O)O)c5c(cc(O)c(O)c5C)[C@]4(C)CC[C@@]3(C)[C@@H]2C1. The van der Waals surface area contributed by atoms with Gasteiger partial charge in [0.15, 0.2) is 11.5 Å². The van der Waals surface area contributed by atoms with E-state index in [9.17, 15) is 28.0 Å². The van der Waals surface area contributed by atoms with Gasteiger partial charge in [-0.15, -0.1) is 0 Å². The van der Waals surface area contributed by atoms with E-state index < -0.39 is 31.6 Å². The van der Waals surface area contributed by atoms with Crippen LogP contribution >= 0.6 is 0 Å². The van der Waals surface area contributed by atoms with Crippen molar-refractivity contribution in [3.8, 4) is 11.5 Å². The van der Waals surface area contributed by atoms with Gasteiger partial charge in [-0.1, -0.05) is 39.3 Å². The van der Waals surface area contributed by atoms with Crippen LogP contribution in [0.3, 0.4) is 0 Å². The van der Waals surface area contributed by atoms with Crippen LogP contribution in [0.5, 0.6) is 11.5 Å². The molecule has 216 valence electrons. The van der Waals surface area contributed by atoms with E-state index in [0.717, 1.165) is 50.5 Å². The first-order valence-corrected chi connectivity index (χ1v) is 15.8. The highest BCUT2D eigenvalue weighted by Gasteiger charge is 2.67. The average Bonchev–Trinajstić information content (AvgIpc) is 2.85. The molecule has 0 amide bonds. The Morgan fingerprint density at radius 3 is 2.28 bits per heavy atom. The molecule has 3 fully saturated rings. The van der Waals surface area contributed by atoms with Crippen molar-refractivity contribution in [1.29, 1.82) is 0 Å². The number of benzene rings is 1. The Morgan fingerprint density at radius 1 is 1.03 bits per heavy atom. The third kappa shape index (κ3) is 3.69. The lowest BCUT2D eigenvalue weighted by Crippen LogP contribution is -2.62. The topological polar surface area (TPSA) is 121 Å². The minimum Gasteiger partial charge on any atom is -0.504 e. The van der Waals surface area contributed by atoms with Gasteiger partial charge in [0, 0.05) is 5.41 Å². The molecule has 0 aliphatic heterocycles. The molecule has 3 N–H and O–H groups in total. The predicted molar refractivity (Wildman–Crippen MR) is 149 cm³/mol. The van der Waals surface area contributed by atoms with E-state index in [0.29, 0.717) is 17.7 Å². The summed E-state index contributed by atoms with van der Waals surface area (Å²) in [4.78, 5) is 13.1. The number of rotatable bonds is 3. The molecule has 0 saturated heterocycles. The van der Waals surface area contributed by atoms with E-state index in [4.69, 9.17) is 4.74 Å². The summed E-state index contributed by atoms with van der Waals surface area (Å²) in [5.74, 6) is -0.553. The number of aromatic hydroxyl groups is 2. The number of allylic oxidation sites excluding steroid dienone is 1. The summed E-state index contributed by atoms with van der Waals surface area (Å²) < 4.78 is 41.6. The van der Waals surface area contributed by atoms with Crippen LogP contribution in [0.25, 0.3) is 0 Å². The summed E-state index contributed by atoms with van der Waals surface area (Å²) >= 11 is 0. The Labute approximate surface area is 232 Å². The number of esters is 1. The summed E-state index contributed by atoms with van der Waals surface area (Å²) in [6, 6.07) is 1.50. The Kier molecular flexibility index (Phi) is 6.19. The van der Waals surface area contributed by atoms with Crippen LogP contribution in [0.4, 0.5) is 0 Å². The maximum Gasteiger partial charge on any atom is 0.311 e. The van der Waals surface area contributed by atoms with Crippen molar-refractivity contribution in [3.63, 3.8) is 0 Å². The molecule has 4 aliphatic rings. The lowest BCUT2D eigenvalue weighted by molar-refractivity contribution is -0.181. The van der Waals surface area contributed by atoms with Crippen LogP contribution in [0.2, 0.25) is 0 Å². The van der Waals surface area contributed by atoms with Crippen LogP contribution in [0.1, 0.15) is 108 Å². The molecular weight excluding hydrogens is 516 g/mol. The second kappa shape index (κ2) is 8.48. The van der Waals surface area contributed by atoms with Gasteiger partial charge in [0.1, 0.15) is 5.25 Å². The predicted octanol–water partition coefficient (Wildman–Crippen LogP) is 6.51. The fourth-order valence-corrected chi connectivity index (χ4v) is 10.3. The lowest BCUT2D eigenvalue weighted by atomic mass is 9.34. The molecule has 0 heterocycles. The number of ether oxygens (including phenoxy) is 1. The molecule has 0 bridgehead atoms. The first-order valence-electron chi connectivity index (χ1n) is 14.3. The summed E-state index contributed by atoms with van der Waals surface area (Å²) in [5.41, 5.74) is 0.565. The van der Waals surface area contributed by atoms with E-state index in [2.05, 4.69) is 27.7 Å². The smallest absolute Gasteiger partial charge is 0.311 e. The zero-order chi connectivity index (χ0) is 29.0. The zero-order valence-electron chi connectivity index (χ0n) is 24.3. The molecule has 3 saturated carbocycles. The molecular formula is C31H44O7S. The second-order valence-electron chi connectivity index (χ2n) is 14.1. The second-order valence-corrected chi connectivity index (χ2v) is 15.7. The van der Waals surface area contributed by atoms with Crippen molar-refractivity contribution < 1.29 is 32.7 Å². The van der Waals surface area contributed by atoms with E-state index in [1.165, 1.54) is 6.07 Å². The minimum atomic E-state index is -4.55. The lowest BCUT2D eigenvalue weighted by Gasteiger charge is -2.70. The van der Waals surface area contributed by atoms with Crippen molar-refractivity contribution in [3.05, 3.63) is 34.4 Å². The number of carbonyl (C=O) groups is 1. The van der Waals surface area contributed by atoms with E-state index in [1.807, 2.05) is 13.8 Å². The highest BCUT2D eigenvalue weighted by molar-refractivity contribution is 7.86. The molecule has 39 heavy (non-hydrogen) atoms. The van der Waals surface area contributed by atoms with Gasteiger partial charge in [0.25, 0.3) is 10.1 Å². The summed E-state index contributed by atoms with van der Waals surface area (Å²) in [7, 11) is -4.55. The molecule has 0 aromatic heterocycles. The fourth-order valence-electron chi connectivity index (χ4n) is 9.42. The molecule has 4 aliphatic carbocycles. The summed E-state index contributed by atoms with van der Waals surface area (Å²) in [5, 5.41) is 19.8. The minimum absolute atomic E-state index is 0.0598. The van der Waals surface area contributed by atoms with Crippen molar-refractivity contribution in [1.82, 2.24) is 0 Å². The largest absolute Gasteiger partial charge is 0.504 e. The van der Waals surface area contributed by atoms with Gasteiger partial charge in [0.2, 0.25) is 0 Å². The van der Waals surface area contributed by atoms with Crippen molar-refractivity contribution in [2.75, 3.05) is 6.61 Å². The number of carbonyl (C=O) groups excluding carboxylic acids is 1. The number of hydrogen-bond donors (Lipinski definition) is 3. The first-order chi connectivity index (χ1) is 17.9. The van der Waals surface area contributed by atoms with E-state index >= 15 is 0 Å². The van der Waals surface area contributed by atoms with Gasteiger partial charge in [-0.25, -0.2) is 0 Å². The average molecular weight is 561 g/mol. The first kappa shape index (κ1) is 28.5. The third-order valence-corrected chi connectivity index (χ3v) is 13.2. The molecule has 7 atom stereocenters. The van der Waals surface area contributed by atoms with E-state index in [-0.39, 0.29) is 39.8 Å². The Bertz CT molecular complexity index is 1380. The number of fused-ring (bicyclic) bond motifs is 7. The van der Waals surface area contributed by atoms with Crippen molar-refractivity contribution >= 4 is 16.1 Å². The van der Waals surface area contributed by atoms with Gasteiger partial charge >= 0.3 is 5.97 Å².